The van der Waals surface area contributed by atoms with Crippen LogP contribution in [0, 0.1) is 0 Å². The molecule has 1 heterocycles. The van der Waals surface area contributed by atoms with Gasteiger partial charge in [0.15, 0.2) is 0 Å². The molecule has 1 aromatic rings. The lowest BCUT2D eigenvalue weighted by Crippen LogP contribution is -2.38. The van der Waals surface area contributed by atoms with Crippen molar-refractivity contribution in [3.8, 4) is 5.88 Å². The molecule has 1 N–H and O–H groups in total. The normalized spacial score (nSPS) is 10.8. The summed E-state index contributed by atoms with van der Waals surface area (Å²) >= 11 is 0. The van der Waals surface area contributed by atoms with E-state index in [4.69, 9.17) is 9.84 Å². The van der Waals surface area contributed by atoms with Crippen LogP contribution in [-0.4, -0.2) is 45.6 Å². The number of carbonyl (C=O) groups excluding carboxylic acids is 1. The molecular weight excluding hydrogens is 272 g/mol. The molecule has 21 heavy (non-hydrogen) atoms. The first-order valence-electron chi connectivity index (χ1n) is 6.96. The van der Waals surface area contributed by atoms with E-state index in [1.54, 1.807) is 12.1 Å². The molecule has 0 radical (unpaired) electrons. The number of hydrogen-bond donors (Lipinski definition) is 1. The Morgan fingerprint density at radius 1 is 1.29 bits per heavy atom. The fourth-order valence-corrected chi connectivity index (χ4v) is 1.79. The van der Waals surface area contributed by atoms with Crippen LogP contribution in [0.15, 0.2) is 18.3 Å². The Balaban J connectivity index is 2.81. The zero-order chi connectivity index (χ0) is 16.0. The van der Waals surface area contributed by atoms with Gasteiger partial charge >= 0.3 is 5.97 Å². The van der Waals surface area contributed by atoms with Crippen molar-refractivity contribution in [1.29, 1.82) is 0 Å². The average molecular weight is 294 g/mol. The number of ether oxygens (including phenoxy) is 1. The highest BCUT2D eigenvalue weighted by atomic mass is 16.5. The van der Waals surface area contributed by atoms with Crippen molar-refractivity contribution in [2.75, 3.05) is 6.54 Å². The van der Waals surface area contributed by atoms with Crippen LogP contribution in [0.25, 0.3) is 0 Å². The minimum Gasteiger partial charge on any atom is -0.481 e. The number of amides is 1. The summed E-state index contributed by atoms with van der Waals surface area (Å²) in [7, 11) is 0. The lowest BCUT2D eigenvalue weighted by Gasteiger charge is -2.26. The van der Waals surface area contributed by atoms with Crippen molar-refractivity contribution < 1.29 is 19.4 Å². The second-order valence-corrected chi connectivity index (χ2v) is 5.29. The third-order valence-corrected chi connectivity index (χ3v) is 2.79. The molecule has 1 amide bonds. The van der Waals surface area contributed by atoms with Crippen molar-refractivity contribution in [2.24, 2.45) is 0 Å². The van der Waals surface area contributed by atoms with Crippen LogP contribution in [0.4, 0.5) is 0 Å². The number of nitrogens with zero attached hydrogens (tertiary/aromatic N) is 2. The Hall–Kier alpha value is -2.11. The molecule has 0 saturated carbocycles. The van der Waals surface area contributed by atoms with E-state index >= 15 is 0 Å². The molecule has 116 valence electrons. The molecule has 1 aromatic heterocycles. The summed E-state index contributed by atoms with van der Waals surface area (Å²) in [5.74, 6) is -0.690. The summed E-state index contributed by atoms with van der Waals surface area (Å²) in [6.45, 7) is 7.67. The molecule has 0 saturated heterocycles. The van der Waals surface area contributed by atoms with E-state index in [2.05, 4.69) is 4.98 Å². The van der Waals surface area contributed by atoms with Gasteiger partial charge in [-0.25, -0.2) is 4.98 Å². The van der Waals surface area contributed by atoms with Crippen LogP contribution < -0.4 is 4.74 Å². The van der Waals surface area contributed by atoms with Gasteiger partial charge < -0.3 is 14.7 Å². The minimum atomic E-state index is -0.924. The standard InChI is InChI=1S/C15H22N2O4/c1-10(2)17(8-7-14(18)19)15(20)12-5-6-13(16-9-12)21-11(3)4/h5-6,9-11H,7-8H2,1-4H3,(H,18,19). The third kappa shape index (κ3) is 5.41. The van der Waals surface area contributed by atoms with Gasteiger partial charge in [0.25, 0.3) is 5.91 Å². The van der Waals surface area contributed by atoms with Crippen molar-refractivity contribution >= 4 is 11.9 Å². The Bertz CT molecular complexity index is 483. The number of carboxylic acid groups (broad SMARTS) is 1. The van der Waals surface area contributed by atoms with E-state index in [1.807, 2.05) is 27.7 Å². The summed E-state index contributed by atoms with van der Waals surface area (Å²) in [5, 5.41) is 8.75. The monoisotopic (exact) mass is 294 g/mol. The van der Waals surface area contributed by atoms with Crippen LogP contribution in [0.1, 0.15) is 44.5 Å². The number of hydrogen-bond acceptors (Lipinski definition) is 4. The maximum atomic E-state index is 12.4. The summed E-state index contributed by atoms with van der Waals surface area (Å²) in [5.41, 5.74) is 0.421. The number of aliphatic carboxylic acids is 1. The number of aromatic nitrogens is 1. The SMILES string of the molecule is CC(C)Oc1ccc(C(=O)N(CCC(=O)O)C(C)C)cn1. The highest BCUT2D eigenvalue weighted by Crippen LogP contribution is 2.13. The smallest absolute Gasteiger partial charge is 0.305 e. The van der Waals surface area contributed by atoms with Crippen molar-refractivity contribution in [2.45, 2.75) is 46.3 Å². The molecule has 0 spiro atoms. The zero-order valence-corrected chi connectivity index (χ0v) is 12.9. The Labute approximate surface area is 124 Å². The second kappa shape index (κ2) is 7.61. The van der Waals surface area contributed by atoms with Crippen molar-refractivity contribution in [3.05, 3.63) is 23.9 Å². The first-order chi connectivity index (χ1) is 9.81. The topological polar surface area (TPSA) is 79.7 Å². The van der Waals surface area contributed by atoms with Gasteiger partial charge in [0.2, 0.25) is 5.88 Å². The molecule has 0 fully saturated rings. The number of rotatable bonds is 7. The number of carboxylic acids is 1. The highest BCUT2D eigenvalue weighted by Gasteiger charge is 2.20. The van der Waals surface area contributed by atoms with E-state index < -0.39 is 5.97 Å². The van der Waals surface area contributed by atoms with E-state index in [0.29, 0.717) is 11.4 Å². The molecule has 0 aliphatic rings. The molecule has 6 heteroatoms. The van der Waals surface area contributed by atoms with Crippen LogP contribution >= 0.6 is 0 Å². The summed E-state index contributed by atoms with van der Waals surface area (Å²) < 4.78 is 5.42. The van der Waals surface area contributed by atoms with Crippen LogP contribution in [0.5, 0.6) is 5.88 Å². The Morgan fingerprint density at radius 2 is 1.95 bits per heavy atom. The van der Waals surface area contributed by atoms with Gasteiger partial charge in [0.05, 0.1) is 18.1 Å². The van der Waals surface area contributed by atoms with E-state index in [9.17, 15) is 9.59 Å². The molecule has 0 bridgehead atoms. The van der Waals surface area contributed by atoms with Gasteiger partial charge in [-0.15, -0.1) is 0 Å². The number of pyridine rings is 1. The highest BCUT2D eigenvalue weighted by molar-refractivity contribution is 5.94. The fourth-order valence-electron chi connectivity index (χ4n) is 1.79. The Morgan fingerprint density at radius 3 is 2.38 bits per heavy atom. The quantitative estimate of drug-likeness (QED) is 0.834. The molecule has 0 unspecified atom stereocenters. The van der Waals surface area contributed by atoms with Gasteiger partial charge in [-0.1, -0.05) is 0 Å². The molecule has 0 aliphatic heterocycles. The summed E-state index contributed by atoms with van der Waals surface area (Å²) in [6, 6.07) is 3.20. The number of carbonyl (C=O) groups is 2. The molecule has 0 atom stereocenters. The maximum absolute atomic E-state index is 12.4. The van der Waals surface area contributed by atoms with Crippen molar-refractivity contribution in [1.82, 2.24) is 9.88 Å². The summed E-state index contributed by atoms with van der Waals surface area (Å²) in [6.07, 6.45) is 1.39. The van der Waals surface area contributed by atoms with Crippen molar-refractivity contribution in [3.63, 3.8) is 0 Å². The zero-order valence-electron chi connectivity index (χ0n) is 12.9. The summed E-state index contributed by atoms with van der Waals surface area (Å²) in [4.78, 5) is 28.7. The molecule has 1 rings (SSSR count). The van der Waals surface area contributed by atoms with Gasteiger partial charge in [-0.2, -0.15) is 0 Å². The molecule has 0 aliphatic carbocycles. The molecular formula is C15H22N2O4. The van der Waals surface area contributed by atoms with E-state index in [0.717, 1.165) is 0 Å². The maximum Gasteiger partial charge on any atom is 0.305 e. The lowest BCUT2D eigenvalue weighted by atomic mass is 10.2. The van der Waals surface area contributed by atoms with E-state index in [1.165, 1.54) is 11.1 Å². The molecule has 0 aromatic carbocycles. The van der Waals surface area contributed by atoms with Gasteiger partial charge in [0.1, 0.15) is 0 Å². The van der Waals surface area contributed by atoms with Gasteiger partial charge in [-0.3, -0.25) is 9.59 Å². The largest absolute Gasteiger partial charge is 0.481 e. The van der Waals surface area contributed by atoms with Crippen LogP contribution in [0.2, 0.25) is 0 Å². The van der Waals surface area contributed by atoms with E-state index in [-0.39, 0.29) is 31.0 Å². The predicted octanol–water partition coefficient (Wildman–Crippen LogP) is 2.19. The Kier molecular flexibility index (Phi) is 6.14. The predicted molar refractivity (Wildman–Crippen MR) is 78.4 cm³/mol. The van der Waals surface area contributed by atoms with Gasteiger partial charge in [0, 0.05) is 24.8 Å². The van der Waals surface area contributed by atoms with Gasteiger partial charge in [-0.05, 0) is 33.8 Å². The first kappa shape index (κ1) is 16.9. The van der Waals surface area contributed by atoms with Crippen LogP contribution in [0.3, 0.4) is 0 Å². The fraction of sp³-hybridized carbons (Fsp3) is 0.533. The molecule has 6 nitrogen and oxygen atoms in total. The lowest BCUT2D eigenvalue weighted by molar-refractivity contribution is -0.137. The minimum absolute atomic E-state index is 0.0155. The third-order valence-electron chi connectivity index (χ3n) is 2.79. The van der Waals surface area contributed by atoms with Crippen LogP contribution in [-0.2, 0) is 4.79 Å². The second-order valence-electron chi connectivity index (χ2n) is 5.29. The first-order valence-corrected chi connectivity index (χ1v) is 6.96. The average Bonchev–Trinajstić information content (AvgIpc) is 2.38.